The number of unbranched alkanes of at least 4 members (excludes halogenated alkanes) is 8. The molecular formula is C32H37Cl2N3O4. The second kappa shape index (κ2) is 17.4. The summed E-state index contributed by atoms with van der Waals surface area (Å²) in [6.07, 6.45) is 12.4. The molecule has 0 aliphatic carbocycles. The first-order chi connectivity index (χ1) is 19.9. The van der Waals surface area contributed by atoms with E-state index in [2.05, 4.69) is 22.8 Å². The van der Waals surface area contributed by atoms with Gasteiger partial charge in [-0.1, -0.05) is 112 Å². The van der Waals surface area contributed by atoms with E-state index in [1.807, 2.05) is 30.3 Å². The van der Waals surface area contributed by atoms with E-state index in [0.717, 1.165) is 30.0 Å². The third kappa shape index (κ3) is 10.8. The van der Waals surface area contributed by atoms with Gasteiger partial charge >= 0.3 is 5.97 Å². The van der Waals surface area contributed by atoms with Gasteiger partial charge in [0.05, 0.1) is 23.3 Å². The monoisotopic (exact) mass is 597 g/mol. The molecule has 9 heteroatoms. The summed E-state index contributed by atoms with van der Waals surface area (Å²) in [6, 6.07) is 15.5. The van der Waals surface area contributed by atoms with E-state index in [-0.39, 0.29) is 28.8 Å². The Kier molecular flexibility index (Phi) is 13.6. The maximum atomic E-state index is 12.8. The smallest absolute Gasteiger partial charge is 0.345 e. The molecule has 3 rings (SSSR count). The Labute approximate surface area is 251 Å². The number of amides is 2. The van der Waals surface area contributed by atoms with Crippen LogP contribution in [0, 0.1) is 0 Å². The van der Waals surface area contributed by atoms with Crippen molar-refractivity contribution in [2.45, 2.75) is 71.1 Å². The molecular weight excluding hydrogens is 561 g/mol. The number of nitrogens with zero attached hydrogens (tertiary/aromatic N) is 1. The van der Waals surface area contributed by atoms with Gasteiger partial charge in [-0.25, -0.2) is 10.2 Å². The average molecular weight is 599 g/mol. The van der Waals surface area contributed by atoms with E-state index in [9.17, 15) is 14.4 Å². The van der Waals surface area contributed by atoms with Crippen LogP contribution in [-0.4, -0.2) is 30.5 Å². The van der Waals surface area contributed by atoms with Crippen molar-refractivity contribution >= 4 is 58.0 Å². The molecule has 0 aliphatic heterocycles. The average Bonchev–Trinajstić information content (AvgIpc) is 2.96. The lowest BCUT2D eigenvalue weighted by molar-refractivity contribution is -0.126. The fourth-order valence-corrected chi connectivity index (χ4v) is 4.87. The van der Waals surface area contributed by atoms with E-state index in [4.69, 9.17) is 27.9 Å². The first kappa shape index (κ1) is 32.1. The van der Waals surface area contributed by atoms with Gasteiger partial charge in [0.1, 0.15) is 5.75 Å². The van der Waals surface area contributed by atoms with Crippen molar-refractivity contribution < 1.29 is 19.1 Å². The number of nitrogens with one attached hydrogen (secondary N) is 2. The fraction of sp³-hybridized carbons (Fsp3) is 0.375. The van der Waals surface area contributed by atoms with Gasteiger partial charge in [-0.3, -0.25) is 9.59 Å². The van der Waals surface area contributed by atoms with Crippen LogP contribution in [-0.2, 0) is 9.59 Å². The topological polar surface area (TPSA) is 96.9 Å². The molecule has 0 fully saturated rings. The minimum atomic E-state index is -0.657. The number of hydrogen-bond acceptors (Lipinski definition) is 5. The van der Waals surface area contributed by atoms with E-state index in [0.29, 0.717) is 17.0 Å². The standard InChI is InChI=1S/C32H37Cl2N3O4/c1-2-3-4-5-6-7-8-9-10-15-30(38)35-22-31(39)37-36-21-27-25-14-12-11-13-23(25)16-19-29(27)41-32(40)26-18-17-24(33)20-28(26)34/h11-14,16-21H,2-10,15,22H2,1H3,(H,35,38)(H,37,39). The Morgan fingerprint density at radius 2 is 1.56 bits per heavy atom. The van der Waals surface area contributed by atoms with Crippen LogP contribution in [0.15, 0.2) is 59.7 Å². The first-order valence-corrected chi connectivity index (χ1v) is 14.9. The highest BCUT2D eigenvalue weighted by Gasteiger charge is 2.16. The van der Waals surface area contributed by atoms with Gasteiger partial charge in [0.15, 0.2) is 0 Å². The summed E-state index contributed by atoms with van der Waals surface area (Å²) >= 11 is 12.1. The van der Waals surface area contributed by atoms with Crippen LogP contribution in [0.1, 0.15) is 87.1 Å². The van der Waals surface area contributed by atoms with Crippen molar-refractivity contribution in [2.24, 2.45) is 5.10 Å². The van der Waals surface area contributed by atoms with Gasteiger partial charge in [-0.15, -0.1) is 0 Å². The zero-order valence-electron chi connectivity index (χ0n) is 23.4. The molecule has 0 atom stereocenters. The third-order valence-corrected chi connectivity index (χ3v) is 7.17. The van der Waals surface area contributed by atoms with E-state index >= 15 is 0 Å². The molecule has 7 nitrogen and oxygen atoms in total. The third-order valence-electron chi connectivity index (χ3n) is 6.62. The van der Waals surface area contributed by atoms with Crippen LogP contribution >= 0.6 is 23.2 Å². The van der Waals surface area contributed by atoms with E-state index in [1.165, 1.54) is 56.9 Å². The van der Waals surface area contributed by atoms with Crippen LogP contribution in [0.25, 0.3) is 10.8 Å². The van der Waals surface area contributed by atoms with Gasteiger partial charge in [0.2, 0.25) is 5.91 Å². The molecule has 3 aromatic rings. The summed E-state index contributed by atoms with van der Waals surface area (Å²) in [7, 11) is 0. The van der Waals surface area contributed by atoms with Crippen LogP contribution in [0.2, 0.25) is 10.0 Å². The van der Waals surface area contributed by atoms with Crippen molar-refractivity contribution in [3.63, 3.8) is 0 Å². The normalized spacial score (nSPS) is 11.1. The Morgan fingerprint density at radius 3 is 2.29 bits per heavy atom. The predicted octanol–water partition coefficient (Wildman–Crippen LogP) is 7.85. The molecule has 0 heterocycles. The molecule has 0 bridgehead atoms. The SMILES string of the molecule is CCCCCCCCCCCC(=O)NCC(=O)NN=Cc1c(OC(=O)c2ccc(Cl)cc2Cl)ccc2ccccc12. The van der Waals surface area contributed by atoms with Crippen LogP contribution in [0.5, 0.6) is 5.75 Å². The molecule has 41 heavy (non-hydrogen) atoms. The summed E-state index contributed by atoms with van der Waals surface area (Å²) in [4.78, 5) is 37.2. The first-order valence-electron chi connectivity index (χ1n) is 14.2. The number of hydrogen-bond donors (Lipinski definition) is 2. The molecule has 0 spiro atoms. The number of rotatable bonds is 16. The molecule has 0 radical (unpaired) electrons. The van der Waals surface area contributed by atoms with Gasteiger partial charge in [-0.05, 0) is 41.5 Å². The zero-order valence-corrected chi connectivity index (χ0v) is 24.9. The van der Waals surface area contributed by atoms with Crippen LogP contribution in [0.3, 0.4) is 0 Å². The lowest BCUT2D eigenvalue weighted by Gasteiger charge is -2.11. The van der Waals surface area contributed by atoms with Crippen LogP contribution < -0.4 is 15.5 Å². The number of carbonyl (C=O) groups excluding carboxylic acids is 3. The number of carbonyl (C=O) groups is 3. The molecule has 218 valence electrons. The summed E-state index contributed by atoms with van der Waals surface area (Å²) in [5, 5.41) is 8.93. The number of fused-ring (bicyclic) bond motifs is 1. The predicted molar refractivity (Wildman–Crippen MR) is 166 cm³/mol. The molecule has 0 saturated carbocycles. The quantitative estimate of drug-likeness (QED) is 0.0577. The zero-order chi connectivity index (χ0) is 29.5. The summed E-state index contributed by atoms with van der Waals surface area (Å²) < 4.78 is 5.65. The van der Waals surface area contributed by atoms with Crippen molar-refractivity contribution in [1.29, 1.82) is 0 Å². The Hall–Kier alpha value is -3.42. The van der Waals surface area contributed by atoms with Crippen LogP contribution in [0.4, 0.5) is 0 Å². The minimum Gasteiger partial charge on any atom is -0.422 e. The van der Waals surface area contributed by atoms with Gasteiger partial charge in [-0.2, -0.15) is 5.10 Å². The maximum Gasteiger partial charge on any atom is 0.345 e. The molecule has 0 aromatic heterocycles. The summed E-state index contributed by atoms with van der Waals surface area (Å²) in [6.45, 7) is 2.03. The highest BCUT2D eigenvalue weighted by atomic mass is 35.5. The minimum absolute atomic E-state index is 0.156. The highest BCUT2D eigenvalue weighted by molar-refractivity contribution is 6.36. The lowest BCUT2D eigenvalue weighted by Crippen LogP contribution is -2.34. The number of halogens is 2. The second-order valence-electron chi connectivity index (χ2n) is 9.86. The number of esters is 1. The fourth-order valence-electron chi connectivity index (χ4n) is 4.38. The number of ether oxygens (including phenoxy) is 1. The Morgan fingerprint density at radius 1 is 0.854 bits per heavy atom. The molecule has 0 saturated heterocycles. The summed E-state index contributed by atoms with van der Waals surface area (Å²) in [5.74, 6) is -1.04. The highest BCUT2D eigenvalue weighted by Crippen LogP contribution is 2.29. The number of hydrazone groups is 1. The van der Waals surface area contributed by atoms with Gasteiger partial charge in [0.25, 0.3) is 5.91 Å². The van der Waals surface area contributed by atoms with Gasteiger partial charge in [0, 0.05) is 17.0 Å². The second-order valence-corrected chi connectivity index (χ2v) is 10.7. The van der Waals surface area contributed by atoms with E-state index in [1.54, 1.807) is 12.1 Å². The maximum absolute atomic E-state index is 12.8. The van der Waals surface area contributed by atoms with Gasteiger partial charge < -0.3 is 10.1 Å². The molecule has 3 aromatic carbocycles. The van der Waals surface area contributed by atoms with E-state index < -0.39 is 11.9 Å². The molecule has 0 aliphatic rings. The number of benzene rings is 3. The Balaban J connectivity index is 1.51. The largest absolute Gasteiger partial charge is 0.422 e. The van der Waals surface area contributed by atoms with Crippen molar-refractivity contribution in [1.82, 2.24) is 10.7 Å². The summed E-state index contributed by atoms with van der Waals surface area (Å²) in [5.41, 5.74) is 3.09. The molecule has 2 N–H and O–H groups in total. The van der Waals surface area contributed by atoms with Crippen molar-refractivity contribution in [3.8, 4) is 5.75 Å². The Bertz CT molecular complexity index is 1360. The lowest BCUT2D eigenvalue weighted by atomic mass is 10.0. The van der Waals surface area contributed by atoms with Crippen molar-refractivity contribution in [2.75, 3.05) is 6.54 Å². The van der Waals surface area contributed by atoms with Crippen molar-refractivity contribution in [3.05, 3.63) is 75.8 Å². The molecule has 0 unspecified atom stereocenters. The molecule has 2 amide bonds.